The van der Waals surface area contributed by atoms with Crippen molar-refractivity contribution in [2.75, 3.05) is 0 Å². The van der Waals surface area contributed by atoms with Gasteiger partial charge in [0, 0.05) is 5.92 Å². The van der Waals surface area contributed by atoms with Crippen molar-refractivity contribution in [2.45, 2.75) is 32.2 Å². The summed E-state index contributed by atoms with van der Waals surface area (Å²) in [7, 11) is 0. The van der Waals surface area contributed by atoms with E-state index in [4.69, 9.17) is 4.74 Å². The van der Waals surface area contributed by atoms with Crippen LogP contribution in [0.2, 0.25) is 0 Å². The van der Waals surface area contributed by atoms with Gasteiger partial charge in [-0.05, 0) is 36.6 Å². The van der Waals surface area contributed by atoms with Gasteiger partial charge < -0.3 is 9.84 Å². The second kappa shape index (κ2) is 8.61. The van der Waals surface area contributed by atoms with Crippen LogP contribution in [0.3, 0.4) is 0 Å². The molecule has 1 N–H and O–H groups in total. The molecular weight excluding hydrogens is 291 g/mol. The lowest BCUT2D eigenvalue weighted by molar-refractivity contribution is -0.0513. The largest absolute Gasteiger partial charge is 0.390 e. The molecule has 2 aromatic rings. The predicted octanol–water partition coefficient (Wildman–Crippen LogP) is 4.14. The van der Waals surface area contributed by atoms with E-state index in [0.29, 0.717) is 13.0 Å². The SMILES string of the molecule is C=C[C@H](Cc1ccc(F)cc1)[C@@H](O)[C@H](C)OCc1ccccc1. The van der Waals surface area contributed by atoms with Crippen molar-refractivity contribution < 1.29 is 14.2 Å². The van der Waals surface area contributed by atoms with Crippen molar-refractivity contribution in [3.05, 3.63) is 84.2 Å². The average molecular weight is 314 g/mol. The zero-order valence-corrected chi connectivity index (χ0v) is 13.4. The van der Waals surface area contributed by atoms with Crippen LogP contribution in [0.5, 0.6) is 0 Å². The van der Waals surface area contributed by atoms with Gasteiger partial charge in [-0.3, -0.25) is 0 Å². The number of hydrogen-bond donors (Lipinski definition) is 1. The molecular formula is C20H23FO2. The smallest absolute Gasteiger partial charge is 0.123 e. The number of ether oxygens (including phenoxy) is 1. The van der Waals surface area contributed by atoms with Crippen LogP contribution in [0.1, 0.15) is 18.1 Å². The number of benzene rings is 2. The van der Waals surface area contributed by atoms with Crippen LogP contribution in [0.25, 0.3) is 0 Å². The van der Waals surface area contributed by atoms with Crippen molar-refractivity contribution in [3.8, 4) is 0 Å². The van der Waals surface area contributed by atoms with E-state index in [-0.39, 0.29) is 17.8 Å². The maximum atomic E-state index is 13.0. The third-order valence-electron chi connectivity index (χ3n) is 3.96. The molecule has 0 bridgehead atoms. The molecule has 0 fully saturated rings. The quantitative estimate of drug-likeness (QED) is 0.742. The Bertz CT molecular complexity index is 595. The molecule has 0 saturated heterocycles. The van der Waals surface area contributed by atoms with Crippen LogP contribution < -0.4 is 0 Å². The van der Waals surface area contributed by atoms with Crippen molar-refractivity contribution >= 4 is 0 Å². The number of rotatable bonds is 8. The summed E-state index contributed by atoms with van der Waals surface area (Å²) in [6.07, 6.45) is 1.35. The van der Waals surface area contributed by atoms with E-state index in [1.54, 1.807) is 18.2 Å². The predicted molar refractivity (Wildman–Crippen MR) is 90.5 cm³/mol. The molecule has 23 heavy (non-hydrogen) atoms. The Kier molecular flexibility index (Phi) is 6.51. The van der Waals surface area contributed by atoms with Gasteiger partial charge in [-0.1, -0.05) is 48.5 Å². The van der Waals surface area contributed by atoms with Crippen LogP contribution in [0, 0.1) is 11.7 Å². The fourth-order valence-electron chi connectivity index (χ4n) is 2.48. The Labute approximate surface area is 137 Å². The maximum Gasteiger partial charge on any atom is 0.123 e. The first-order valence-corrected chi connectivity index (χ1v) is 7.80. The summed E-state index contributed by atoms with van der Waals surface area (Å²) in [5.74, 6) is -0.407. The Hall–Kier alpha value is -1.97. The summed E-state index contributed by atoms with van der Waals surface area (Å²) in [4.78, 5) is 0. The highest BCUT2D eigenvalue weighted by molar-refractivity contribution is 5.18. The molecule has 3 heteroatoms. The minimum absolute atomic E-state index is 0.147. The van der Waals surface area contributed by atoms with E-state index >= 15 is 0 Å². The summed E-state index contributed by atoms with van der Waals surface area (Å²) in [5, 5.41) is 10.5. The van der Waals surface area contributed by atoms with E-state index in [9.17, 15) is 9.50 Å². The molecule has 0 aliphatic heterocycles. The lowest BCUT2D eigenvalue weighted by Crippen LogP contribution is -2.33. The summed E-state index contributed by atoms with van der Waals surface area (Å²) in [6, 6.07) is 16.2. The highest BCUT2D eigenvalue weighted by atomic mass is 19.1. The second-order valence-corrected chi connectivity index (χ2v) is 5.72. The average Bonchev–Trinajstić information content (AvgIpc) is 2.59. The van der Waals surface area contributed by atoms with Gasteiger partial charge >= 0.3 is 0 Å². The minimum Gasteiger partial charge on any atom is -0.390 e. The third kappa shape index (κ3) is 5.31. The monoisotopic (exact) mass is 314 g/mol. The molecule has 2 rings (SSSR count). The maximum absolute atomic E-state index is 13.0. The standard InChI is InChI=1S/C20H23FO2/c1-3-18(13-16-9-11-19(21)12-10-16)20(22)15(2)23-14-17-7-5-4-6-8-17/h3-12,15,18,20,22H,1,13-14H2,2H3/t15-,18+,20-/m0/s1. The van der Waals surface area contributed by atoms with Crippen LogP contribution in [0.15, 0.2) is 67.3 Å². The number of hydrogen-bond acceptors (Lipinski definition) is 2. The molecule has 0 aliphatic carbocycles. The molecule has 0 saturated carbocycles. The summed E-state index contributed by atoms with van der Waals surface area (Å²) in [5.41, 5.74) is 2.03. The summed E-state index contributed by atoms with van der Waals surface area (Å²) in [6.45, 7) is 6.12. The van der Waals surface area contributed by atoms with E-state index < -0.39 is 6.10 Å². The minimum atomic E-state index is -0.665. The van der Waals surface area contributed by atoms with Gasteiger partial charge in [-0.2, -0.15) is 0 Å². The first-order chi connectivity index (χ1) is 11.1. The van der Waals surface area contributed by atoms with Crippen molar-refractivity contribution in [3.63, 3.8) is 0 Å². The molecule has 2 aromatic carbocycles. The Morgan fingerprint density at radius 2 is 1.74 bits per heavy atom. The molecule has 0 unspecified atom stereocenters. The highest BCUT2D eigenvalue weighted by Crippen LogP contribution is 2.19. The van der Waals surface area contributed by atoms with E-state index in [0.717, 1.165) is 11.1 Å². The number of aliphatic hydroxyl groups excluding tert-OH is 1. The molecule has 3 atom stereocenters. The Morgan fingerprint density at radius 3 is 2.35 bits per heavy atom. The fraction of sp³-hybridized carbons (Fsp3) is 0.300. The Balaban J connectivity index is 1.91. The molecule has 0 spiro atoms. The van der Waals surface area contributed by atoms with E-state index in [1.807, 2.05) is 37.3 Å². The van der Waals surface area contributed by atoms with Gasteiger partial charge in [0.05, 0.1) is 18.8 Å². The fourth-order valence-corrected chi connectivity index (χ4v) is 2.48. The molecule has 0 amide bonds. The lowest BCUT2D eigenvalue weighted by atomic mass is 9.91. The molecule has 0 aromatic heterocycles. The molecule has 0 aliphatic rings. The molecule has 2 nitrogen and oxygen atoms in total. The van der Waals surface area contributed by atoms with Gasteiger partial charge in [0.2, 0.25) is 0 Å². The van der Waals surface area contributed by atoms with Gasteiger partial charge in [0.1, 0.15) is 5.82 Å². The number of aliphatic hydroxyl groups is 1. The highest BCUT2D eigenvalue weighted by Gasteiger charge is 2.23. The van der Waals surface area contributed by atoms with Crippen molar-refractivity contribution in [2.24, 2.45) is 5.92 Å². The molecule has 122 valence electrons. The second-order valence-electron chi connectivity index (χ2n) is 5.72. The zero-order valence-electron chi connectivity index (χ0n) is 13.4. The van der Waals surface area contributed by atoms with Crippen LogP contribution >= 0.6 is 0 Å². The van der Waals surface area contributed by atoms with Crippen molar-refractivity contribution in [1.82, 2.24) is 0 Å². The summed E-state index contributed by atoms with van der Waals surface area (Å²) < 4.78 is 18.7. The normalized spacial score (nSPS) is 14.9. The van der Waals surface area contributed by atoms with Gasteiger partial charge in [0.15, 0.2) is 0 Å². The zero-order chi connectivity index (χ0) is 16.7. The van der Waals surface area contributed by atoms with Gasteiger partial charge in [-0.15, -0.1) is 6.58 Å². The van der Waals surface area contributed by atoms with Crippen LogP contribution in [-0.2, 0) is 17.8 Å². The number of halogens is 1. The molecule has 0 heterocycles. The van der Waals surface area contributed by atoms with E-state index in [1.165, 1.54) is 12.1 Å². The topological polar surface area (TPSA) is 29.5 Å². The molecule has 0 radical (unpaired) electrons. The Morgan fingerprint density at radius 1 is 1.09 bits per heavy atom. The third-order valence-corrected chi connectivity index (χ3v) is 3.96. The van der Waals surface area contributed by atoms with E-state index in [2.05, 4.69) is 6.58 Å². The summed E-state index contributed by atoms with van der Waals surface area (Å²) >= 11 is 0. The van der Waals surface area contributed by atoms with Crippen molar-refractivity contribution in [1.29, 1.82) is 0 Å². The van der Waals surface area contributed by atoms with Crippen LogP contribution in [0.4, 0.5) is 4.39 Å². The van der Waals surface area contributed by atoms with Gasteiger partial charge in [0.25, 0.3) is 0 Å². The first kappa shape index (κ1) is 17.4. The lowest BCUT2D eigenvalue weighted by Gasteiger charge is -2.26. The van der Waals surface area contributed by atoms with Crippen LogP contribution in [-0.4, -0.2) is 17.3 Å². The first-order valence-electron chi connectivity index (χ1n) is 7.80. The van der Waals surface area contributed by atoms with Gasteiger partial charge in [-0.25, -0.2) is 4.39 Å².